The first kappa shape index (κ1) is 16.2. The van der Waals surface area contributed by atoms with Crippen LogP contribution in [0, 0.1) is 0 Å². The van der Waals surface area contributed by atoms with Crippen molar-refractivity contribution in [1.82, 2.24) is 14.3 Å². The molecule has 0 atom stereocenters. The number of rotatable bonds is 2. The molecule has 0 fully saturated rings. The fourth-order valence-corrected chi connectivity index (χ4v) is 3.52. The molecule has 0 aliphatic heterocycles. The third-order valence-electron chi connectivity index (χ3n) is 4.83. The molecule has 2 aromatic heterocycles. The SMILES string of the molecule is O=C(c1ccccc1)n1ncc2c3ccccc3n(C(=O)c3ccccc3)c21. The van der Waals surface area contributed by atoms with Gasteiger partial charge in [-0.25, -0.2) is 0 Å². The Balaban J connectivity index is 1.81. The van der Waals surface area contributed by atoms with Crippen molar-refractivity contribution in [3.63, 3.8) is 0 Å². The van der Waals surface area contributed by atoms with E-state index in [1.54, 1.807) is 47.2 Å². The van der Waals surface area contributed by atoms with Gasteiger partial charge in [-0.15, -0.1) is 0 Å². The highest BCUT2D eigenvalue weighted by atomic mass is 16.2. The molecule has 134 valence electrons. The summed E-state index contributed by atoms with van der Waals surface area (Å²) in [5.41, 5.74) is 2.28. The van der Waals surface area contributed by atoms with Crippen LogP contribution in [-0.2, 0) is 0 Å². The molecule has 0 unspecified atom stereocenters. The zero-order chi connectivity index (χ0) is 19.1. The number of para-hydroxylation sites is 1. The molecule has 0 radical (unpaired) electrons. The minimum atomic E-state index is -0.277. The maximum absolute atomic E-state index is 13.4. The van der Waals surface area contributed by atoms with Crippen LogP contribution in [0.2, 0.25) is 0 Å². The Hall–Kier alpha value is -3.99. The Labute approximate surface area is 160 Å². The van der Waals surface area contributed by atoms with Gasteiger partial charge in [0, 0.05) is 21.9 Å². The molecule has 0 N–H and O–H groups in total. The van der Waals surface area contributed by atoms with Gasteiger partial charge in [-0.1, -0.05) is 54.6 Å². The van der Waals surface area contributed by atoms with Gasteiger partial charge < -0.3 is 0 Å². The quantitative estimate of drug-likeness (QED) is 0.467. The molecule has 5 rings (SSSR count). The van der Waals surface area contributed by atoms with Gasteiger partial charge in [-0.2, -0.15) is 9.78 Å². The van der Waals surface area contributed by atoms with E-state index in [9.17, 15) is 9.59 Å². The summed E-state index contributed by atoms with van der Waals surface area (Å²) in [4.78, 5) is 26.4. The minimum Gasteiger partial charge on any atom is -0.268 e. The van der Waals surface area contributed by atoms with Crippen LogP contribution in [0.15, 0.2) is 91.1 Å². The van der Waals surface area contributed by atoms with E-state index in [1.165, 1.54) is 4.68 Å². The van der Waals surface area contributed by atoms with Gasteiger partial charge in [-0.3, -0.25) is 14.2 Å². The van der Waals surface area contributed by atoms with Crippen LogP contribution < -0.4 is 0 Å². The second-order valence-electron chi connectivity index (χ2n) is 6.49. The summed E-state index contributed by atoms with van der Waals surface area (Å²) in [6, 6.07) is 25.6. The standard InChI is InChI=1S/C23H15N3O2/c27-22(16-9-3-1-4-10-16)25-20-14-8-7-13-18(20)19-15-24-26(21(19)25)23(28)17-11-5-2-6-12-17/h1-15H. The first-order valence-electron chi connectivity index (χ1n) is 8.92. The molecule has 0 spiro atoms. The number of hydrogen-bond acceptors (Lipinski definition) is 3. The average molecular weight is 365 g/mol. The van der Waals surface area contributed by atoms with Crippen molar-refractivity contribution >= 4 is 33.8 Å². The summed E-state index contributed by atoms with van der Waals surface area (Å²) in [5, 5.41) is 5.96. The average Bonchev–Trinajstić information content (AvgIpc) is 3.32. The number of fused-ring (bicyclic) bond motifs is 3. The van der Waals surface area contributed by atoms with E-state index in [0.29, 0.717) is 16.8 Å². The number of hydrogen-bond donors (Lipinski definition) is 0. The predicted octanol–water partition coefficient (Wildman–Crippen LogP) is 4.37. The normalized spacial score (nSPS) is 11.1. The molecule has 0 bridgehead atoms. The molecule has 5 nitrogen and oxygen atoms in total. The summed E-state index contributed by atoms with van der Waals surface area (Å²) < 4.78 is 2.89. The van der Waals surface area contributed by atoms with Crippen molar-refractivity contribution < 1.29 is 9.59 Å². The first-order chi connectivity index (χ1) is 13.8. The van der Waals surface area contributed by atoms with Crippen molar-refractivity contribution in [3.8, 4) is 0 Å². The lowest BCUT2D eigenvalue weighted by molar-refractivity contribution is 0.0946. The van der Waals surface area contributed by atoms with Crippen LogP contribution >= 0.6 is 0 Å². The third-order valence-corrected chi connectivity index (χ3v) is 4.83. The Morgan fingerprint density at radius 1 is 0.643 bits per heavy atom. The van der Waals surface area contributed by atoms with Crippen LogP contribution in [0.25, 0.3) is 21.9 Å². The number of nitrogens with zero attached hydrogens (tertiary/aromatic N) is 3. The lowest BCUT2D eigenvalue weighted by atomic mass is 10.2. The topological polar surface area (TPSA) is 56.9 Å². The highest BCUT2D eigenvalue weighted by Crippen LogP contribution is 2.30. The van der Waals surface area contributed by atoms with Gasteiger partial charge >= 0.3 is 0 Å². The summed E-state index contributed by atoms with van der Waals surface area (Å²) in [7, 11) is 0. The minimum absolute atomic E-state index is 0.200. The van der Waals surface area contributed by atoms with E-state index in [1.807, 2.05) is 48.5 Å². The fraction of sp³-hybridized carbons (Fsp3) is 0. The summed E-state index contributed by atoms with van der Waals surface area (Å²) in [5.74, 6) is -0.477. The molecule has 0 saturated carbocycles. The Morgan fingerprint density at radius 3 is 1.89 bits per heavy atom. The third kappa shape index (κ3) is 2.37. The molecule has 0 amide bonds. The van der Waals surface area contributed by atoms with E-state index >= 15 is 0 Å². The van der Waals surface area contributed by atoms with Crippen molar-refractivity contribution in [2.75, 3.05) is 0 Å². The van der Waals surface area contributed by atoms with Crippen molar-refractivity contribution in [2.24, 2.45) is 0 Å². The predicted molar refractivity (Wildman–Crippen MR) is 108 cm³/mol. The van der Waals surface area contributed by atoms with E-state index in [4.69, 9.17) is 0 Å². The monoisotopic (exact) mass is 365 g/mol. The molecule has 5 aromatic rings. The van der Waals surface area contributed by atoms with Gasteiger partial charge in [-0.05, 0) is 30.3 Å². The van der Waals surface area contributed by atoms with Gasteiger partial charge in [0.15, 0.2) is 5.65 Å². The van der Waals surface area contributed by atoms with Gasteiger partial charge in [0.25, 0.3) is 11.8 Å². The Morgan fingerprint density at radius 2 is 1.21 bits per heavy atom. The van der Waals surface area contributed by atoms with Crippen molar-refractivity contribution in [2.45, 2.75) is 0 Å². The number of carbonyl (C=O) groups is 2. The molecule has 0 saturated heterocycles. The highest BCUT2D eigenvalue weighted by molar-refractivity contribution is 6.17. The van der Waals surface area contributed by atoms with Crippen molar-refractivity contribution in [1.29, 1.82) is 0 Å². The molecule has 5 heteroatoms. The van der Waals surface area contributed by atoms with Crippen LogP contribution in [0.1, 0.15) is 20.7 Å². The summed E-state index contributed by atoms with van der Waals surface area (Å²) in [6.45, 7) is 0. The second kappa shape index (κ2) is 6.32. The van der Waals surface area contributed by atoms with E-state index < -0.39 is 0 Å². The maximum atomic E-state index is 13.4. The summed E-state index contributed by atoms with van der Waals surface area (Å²) >= 11 is 0. The Kier molecular flexibility index (Phi) is 3.66. The fourth-order valence-electron chi connectivity index (χ4n) is 3.52. The van der Waals surface area contributed by atoms with Crippen LogP contribution in [0.5, 0.6) is 0 Å². The number of benzene rings is 3. The van der Waals surface area contributed by atoms with E-state index in [0.717, 1.165) is 16.3 Å². The maximum Gasteiger partial charge on any atom is 0.280 e. The molecule has 0 aliphatic carbocycles. The zero-order valence-electron chi connectivity index (χ0n) is 14.8. The molecule has 3 aromatic carbocycles. The first-order valence-corrected chi connectivity index (χ1v) is 8.92. The number of aromatic nitrogens is 3. The van der Waals surface area contributed by atoms with E-state index in [-0.39, 0.29) is 11.8 Å². The lowest BCUT2D eigenvalue weighted by Crippen LogP contribution is -2.19. The summed E-state index contributed by atoms with van der Waals surface area (Å²) in [6.07, 6.45) is 1.65. The molecule has 28 heavy (non-hydrogen) atoms. The smallest absolute Gasteiger partial charge is 0.268 e. The van der Waals surface area contributed by atoms with Crippen LogP contribution in [0.4, 0.5) is 0 Å². The molecule has 2 heterocycles. The highest BCUT2D eigenvalue weighted by Gasteiger charge is 2.23. The number of carbonyl (C=O) groups excluding carboxylic acids is 2. The van der Waals surface area contributed by atoms with Crippen LogP contribution in [-0.4, -0.2) is 26.2 Å². The molecular weight excluding hydrogens is 350 g/mol. The second-order valence-corrected chi connectivity index (χ2v) is 6.49. The zero-order valence-corrected chi connectivity index (χ0v) is 14.8. The molecule has 0 aliphatic rings. The lowest BCUT2D eigenvalue weighted by Gasteiger charge is -2.08. The van der Waals surface area contributed by atoms with Gasteiger partial charge in [0.05, 0.1) is 11.7 Å². The van der Waals surface area contributed by atoms with E-state index in [2.05, 4.69) is 5.10 Å². The van der Waals surface area contributed by atoms with Gasteiger partial charge in [0.1, 0.15) is 0 Å². The largest absolute Gasteiger partial charge is 0.280 e. The van der Waals surface area contributed by atoms with Gasteiger partial charge in [0.2, 0.25) is 0 Å². The Bertz CT molecular complexity index is 1330. The van der Waals surface area contributed by atoms with Crippen LogP contribution in [0.3, 0.4) is 0 Å². The molecular formula is C23H15N3O2. The van der Waals surface area contributed by atoms with Crippen molar-refractivity contribution in [3.05, 3.63) is 102 Å².